The number of thiophene rings is 1. The Bertz CT molecular complexity index is 1140. The summed E-state index contributed by atoms with van der Waals surface area (Å²) in [4.78, 5) is 18.1. The Kier molecular flexibility index (Phi) is 4.72. The number of fused-ring (bicyclic) bond motifs is 1. The summed E-state index contributed by atoms with van der Waals surface area (Å²) in [6.07, 6.45) is 0. The summed E-state index contributed by atoms with van der Waals surface area (Å²) in [6.45, 7) is 0. The molecule has 2 heterocycles. The Morgan fingerprint density at radius 3 is 2.73 bits per heavy atom. The quantitative estimate of drug-likeness (QED) is 0.304. The number of nitrogens with zero attached hydrogens (tertiary/aromatic N) is 2. The van der Waals surface area contributed by atoms with Crippen LogP contribution < -0.4 is 11.4 Å². The molecule has 130 valence electrons. The fourth-order valence-corrected chi connectivity index (χ4v) is 4.75. The maximum Gasteiger partial charge on any atom is 0.282 e. The van der Waals surface area contributed by atoms with Crippen molar-refractivity contribution in [3.05, 3.63) is 80.9 Å². The van der Waals surface area contributed by atoms with Gasteiger partial charge in [0.15, 0.2) is 5.16 Å². The first-order valence-electron chi connectivity index (χ1n) is 7.85. The van der Waals surface area contributed by atoms with Gasteiger partial charge in [0, 0.05) is 21.7 Å². The molecule has 0 aliphatic heterocycles. The number of halogens is 1. The highest BCUT2D eigenvalue weighted by Crippen LogP contribution is 2.32. The van der Waals surface area contributed by atoms with E-state index in [0.29, 0.717) is 26.1 Å². The van der Waals surface area contributed by atoms with Gasteiger partial charge >= 0.3 is 0 Å². The molecule has 0 saturated carbocycles. The van der Waals surface area contributed by atoms with Crippen molar-refractivity contribution in [2.45, 2.75) is 10.9 Å². The maximum atomic E-state index is 12.8. The molecule has 2 N–H and O–H groups in total. The minimum atomic E-state index is -0.233. The molecule has 0 saturated heterocycles. The number of aromatic nitrogens is 2. The topological polar surface area (TPSA) is 60.9 Å². The van der Waals surface area contributed by atoms with Crippen molar-refractivity contribution >= 4 is 44.9 Å². The van der Waals surface area contributed by atoms with E-state index in [9.17, 15) is 4.79 Å². The van der Waals surface area contributed by atoms with E-state index in [1.807, 2.05) is 60.0 Å². The predicted octanol–water partition coefficient (Wildman–Crippen LogP) is 4.78. The van der Waals surface area contributed by atoms with Gasteiger partial charge in [0.1, 0.15) is 4.83 Å². The molecule has 2 aromatic carbocycles. The molecule has 4 nitrogen and oxygen atoms in total. The van der Waals surface area contributed by atoms with Gasteiger partial charge in [0.05, 0.1) is 5.39 Å². The fourth-order valence-electron chi connectivity index (χ4n) is 2.69. The Hall–Kier alpha value is -2.28. The van der Waals surface area contributed by atoms with Crippen LogP contribution in [-0.4, -0.2) is 9.66 Å². The minimum absolute atomic E-state index is 0.233. The Morgan fingerprint density at radius 2 is 1.96 bits per heavy atom. The molecule has 0 unspecified atom stereocenters. The second-order valence-corrected chi connectivity index (χ2v) is 7.92. The lowest BCUT2D eigenvalue weighted by molar-refractivity contribution is 0.782. The number of nitrogen functional groups attached to an aromatic ring is 1. The maximum absolute atomic E-state index is 12.8. The Labute approximate surface area is 163 Å². The first-order chi connectivity index (χ1) is 12.6. The van der Waals surface area contributed by atoms with E-state index >= 15 is 0 Å². The van der Waals surface area contributed by atoms with E-state index in [-0.39, 0.29) is 5.56 Å². The lowest BCUT2D eigenvalue weighted by Gasteiger charge is -2.08. The lowest BCUT2D eigenvalue weighted by Crippen LogP contribution is -2.29. The van der Waals surface area contributed by atoms with Gasteiger partial charge in [-0.05, 0) is 23.3 Å². The van der Waals surface area contributed by atoms with Gasteiger partial charge < -0.3 is 5.84 Å². The zero-order valence-corrected chi connectivity index (χ0v) is 15.9. The molecule has 0 aliphatic carbocycles. The van der Waals surface area contributed by atoms with Crippen LogP contribution in [0.1, 0.15) is 5.56 Å². The summed E-state index contributed by atoms with van der Waals surface area (Å²) in [6, 6.07) is 17.4. The largest absolute Gasteiger partial charge is 0.334 e. The van der Waals surface area contributed by atoms with Crippen molar-refractivity contribution in [2.75, 3.05) is 5.84 Å². The van der Waals surface area contributed by atoms with E-state index in [1.54, 1.807) is 0 Å². The molecular formula is C19H14ClN3OS2. The summed E-state index contributed by atoms with van der Waals surface area (Å²) < 4.78 is 1.14. The van der Waals surface area contributed by atoms with Crippen LogP contribution in [0.5, 0.6) is 0 Å². The number of rotatable bonds is 4. The molecule has 0 radical (unpaired) electrons. The van der Waals surface area contributed by atoms with Crippen LogP contribution in [0.3, 0.4) is 0 Å². The lowest BCUT2D eigenvalue weighted by atomic mass is 10.1. The number of hydrogen-bond acceptors (Lipinski definition) is 5. The second-order valence-electron chi connectivity index (χ2n) is 5.68. The van der Waals surface area contributed by atoms with Crippen LogP contribution in [0.15, 0.2) is 69.9 Å². The van der Waals surface area contributed by atoms with E-state index in [0.717, 1.165) is 21.4 Å². The van der Waals surface area contributed by atoms with Crippen molar-refractivity contribution < 1.29 is 0 Å². The van der Waals surface area contributed by atoms with Gasteiger partial charge in [-0.25, -0.2) is 9.66 Å². The van der Waals surface area contributed by atoms with Gasteiger partial charge in [0.25, 0.3) is 5.56 Å². The molecule has 4 rings (SSSR count). The van der Waals surface area contributed by atoms with Gasteiger partial charge in [-0.2, -0.15) is 0 Å². The van der Waals surface area contributed by atoms with Gasteiger partial charge in [-0.1, -0.05) is 65.8 Å². The van der Waals surface area contributed by atoms with Gasteiger partial charge in [0.2, 0.25) is 0 Å². The second kappa shape index (κ2) is 7.15. The monoisotopic (exact) mass is 399 g/mol. The van der Waals surface area contributed by atoms with Crippen molar-refractivity contribution in [1.29, 1.82) is 0 Å². The standard InChI is InChI=1S/C19H14ClN3OS2/c20-14-8-4-5-12(9-14)10-26-19-22-17-16(18(24)23(19)21)15(11-25-17)13-6-2-1-3-7-13/h1-9,11H,10,21H2. The number of benzene rings is 2. The molecule has 4 aromatic rings. The number of hydrogen-bond donors (Lipinski definition) is 1. The van der Waals surface area contributed by atoms with Crippen LogP contribution >= 0.6 is 34.7 Å². The highest BCUT2D eigenvalue weighted by molar-refractivity contribution is 7.98. The molecular weight excluding hydrogens is 386 g/mol. The van der Waals surface area contributed by atoms with E-state index in [1.165, 1.54) is 23.1 Å². The molecule has 0 aliphatic rings. The average molecular weight is 400 g/mol. The number of thioether (sulfide) groups is 1. The minimum Gasteiger partial charge on any atom is -0.334 e. The Morgan fingerprint density at radius 1 is 1.15 bits per heavy atom. The van der Waals surface area contributed by atoms with E-state index < -0.39 is 0 Å². The van der Waals surface area contributed by atoms with Gasteiger partial charge in [-0.3, -0.25) is 4.79 Å². The number of nitrogens with two attached hydrogens (primary N) is 1. The first-order valence-corrected chi connectivity index (χ1v) is 10.1. The van der Waals surface area contributed by atoms with E-state index in [2.05, 4.69) is 4.98 Å². The van der Waals surface area contributed by atoms with E-state index in [4.69, 9.17) is 17.4 Å². The zero-order chi connectivity index (χ0) is 18.1. The molecule has 0 bridgehead atoms. The van der Waals surface area contributed by atoms with Gasteiger partial charge in [-0.15, -0.1) is 11.3 Å². The average Bonchev–Trinajstić information content (AvgIpc) is 3.08. The third kappa shape index (κ3) is 3.23. The third-order valence-corrected chi connectivity index (χ3v) is 6.08. The molecule has 0 amide bonds. The summed E-state index contributed by atoms with van der Waals surface area (Å²) in [5.41, 5.74) is 2.67. The third-order valence-electron chi connectivity index (χ3n) is 3.95. The summed E-state index contributed by atoms with van der Waals surface area (Å²) in [7, 11) is 0. The van der Waals surface area contributed by atoms with Crippen LogP contribution in [0.4, 0.5) is 0 Å². The van der Waals surface area contributed by atoms with Crippen molar-refractivity contribution in [3.8, 4) is 11.1 Å². The van der Waals surface area contributed by atoms with Crippen molar-refractivity contribution in [3.63, 3.8) is 0 Å². The van der Waals surface area contributed by atoms with Crippen LogP contribution in [0.25, 0.3) is 21.3 Å². The molecule has 26 heavy (non-hydrogen) atoms. The first kappa shape index (κ1) is 17.1. The van der Waals surface area contributed by atoms with Crippen molar-refractivity contribution in [2.24, 2.45) is 0 Å². The van der Waals surface area contributed by atoms with Crippen molar-refractivity contribution in [1.82, 2.24) is 9.66 Å². The van der Waals surface area contributed by atoms with Crippen LogP contribution in [0.2, 0.25) is 5.02 Å². The van der Waals surface area contributed by atoms with Crippen LogP contribution in [-0.2, 0) is 5.75 Å². The highest BCUT2D eigenvalue weighted by Gasteiger charge is 2.16. The predicted molar refractivity (Wildman–Crippen MR) is 110 cm³/mol. The SMILES string of the molecule is Nn1c(SCc2cccc(Cl)c2)nc2scc(-c3ccccc3)c2c1=O. The normalized spacial score (nSPS) is 11.1. The summed E-state index contributed by atoms with van der Waals surface area (Å²) in [5.74, 6) is 6.68. The molecule has 7 heteroatoms. The van der Waals surface area contributed by atoms with Crippen LogP contribution in [0, 0.1) is 0 Å². The smallest absolute Gasteiger partial charge is 0.282 e. The summed E-state index contributed by atoms with van der Waals surface area (Å²) in [5, 5.41) is 3.70. The fraction of sp³-hybridized carbons (Fsp3) is 0.0526. The summed E-state index contributed by atoms with van der Waals surface area (Å²) >= 11 is 8.89. The molecule has 0 fully saturated rings. The zero-order valence-electron chi connectivity index (χ0n) is 13.6. The molecule has 2 aromatic heterocycles. The molecule has 0 atom stereocenters. The molecule has 0 spiro atoms. The highest BCUT2D eigenvalue weighted by atomic mass is 35.5. The Balaban J connectivity index is 1.72.